The third kappa shape index (κ3) is 3.10. The molecule has 110 valence electrons. The number of carbonyl (C=O) groups excluding carboxylic acids is 1. The van der Waals surface area contributed by atoms with Crippen molar-refractivity contribution in [1.29, 1.82) is 0 Å². The minimum atomic E-state index is -0.328. The van der Waals surface area contributed by atoms with Gasteiger partial charge < -0.3 is 15.0 Å². The highest BCUT2D eigenvalue weighted by atomic mass is 16.5. The summed E-state index contributed by atoms with van der Waals surface area (Å²) >= 11 is 0. The Morgan fingerprint density at radius 1 is 1.55 bits per heavy atom. The Kier molecular flexibility index (Phi) is 4.95. The van der Waals surface area contributed by atoms with Crippen molar-refractivity contribution < 1.29 is 9.53 Å². The molecule has 0 aliphatic carbocycles. The average Bonchev–Trinajstić information content (AvgIpc) is 2.97. The summed E-state index contributed by atoms with van der Waals surface area (Å²) in [6.07, 6.45) is 2.22. The van der Waals surface area contributed by atoms with Gasteiger partial charge in [-0.3, -0.25) is 0 Å². The van der Waals surface area contributed by atoms with Gasteiger partial charge >= 0.3 is 5.97 Å². The molecule has 0 spiro atoms. The van der Waals surface area contributed by atoms with Gasteiger partial charge in [-0.25, -0.2) is 9.78 Å². The summed E-state index contributed by atoms with van der Waals surface area (Å²) in [5.41, 5.74) is 1.26. The maximum absolute atomic E-state index is 11.6. The minimum absolute atomic E-state index is 0.328. The zero-order valence-electron chi connectivity index (χ0n) is 12.5. The number of rotatable bonds is 5. The number of hydrogen-bond donors (Lipinski definition) is 1. The Bertz CT molecular complexity index is 470. The Morgan fingerprint density at radius 2 is 2.35 bits per heavy atom. The lowest BCUT2D eigenvalue weighted by Crippen LogP contribution is -2.38. The third-order valence-electron chi connectivity index (χ3n) is 3.71. The minimum Gasteiger partial charge on any atom is -0.465 e. The molecule has 2 heterocycles. The van der Waals surface area contributed by atoms with Crippen LogP contribution in [0, 0.1) is 6.92 Å². The van der Waals surface area contributed by atoms with E-state index in [1.165, 1.54) is 7.11 Å². The van der Waals surface area contributed by atoms with Gasteiger partial charge in [-0.05, 0) is 38.4 Å². The fraction of sp³-hybridized carbons (Fsp3) is 0.600. The smallest absolute Gasteiger partial charge is 0.339 e. The van der Waals surface area contributed by atoms with E-state index in [0.29, 0.717) is 11.6 Å². The third-order valence-corrected chi connectivity index (χ3v) is 3.71. The molecule has 0 amide bonds. The van der Waals surface area contributed by atoms with E-state index in [2.05, 4.69) is 22.1 Å². The first kappa shape index (κ1) is 14.8. The lowest BCUT2D eigenvalue weighted by Gasteiger charge is -2.29. The normalized spacial score (nSPS) is 18.1. The van der Waals surface area contributed by atoms with E-state index < -0.39 is 0 Å². The zero-order chi connectivity index (χ0) is 14.5. The molecule has 1 fully saturated rings. The number of ether oxygens (including phenoxy) is 1. The van der Waals surface area contributed by atoms with Crippen molar-refractivity contribution >= 4 is 11.8 Å². The highest BCUT2D eigenvalue weighted by molar-refractivity contribution is 5.90. The number of aromatic nitrogens is 1. The van der Waals surface area contributed by atoms with Crippen LogP contribution in [0.5, 0.6) is 0 Å². The molecule has 1 aliphatic heterocycles. The van der Waals surface area contributed by atoms with E-state index in [1.54, 1.807) is 0 Å². The van der Waals surface area contributed by atoms with Crippen LogP contribution in [0.2, 0.25) is 0 Å². The van der Waals surface area contributed by atoms with Crippen molar-refractivity contribution in [2.24, 2.45) is 0 Å². The van der Waals surface area contributed by atoms with E-state index in [4.69, 9.17) is 4.74 Å². The predicted molar refractivity (Wildman–Crippen MR) is 79.2 cm³/mol. The maximum atomic E-state index is 11.6. The summed E-state index contributed by atoms with van der Waals surface area (Å²) in [6, 6.07) is 4.23. The van der Waals surface area contributed by atoms with E-state index in [-0.39, 0.29) is 5.97 Å². The molecule has 1 aromatic rings. The highest BCUT2D eigenvalue weighted by Crippen LogP contribution is 2.20. The number of hydrogen-bond acceptors (Lipinski definition) is 5. The SMILES string of the molecule is CCCN(c1ccc(C(=O)OC)c(C)n1)C1CCNC1. The van der Waals surface area contributed by atoms with Crippen LogP contribution in [0.4, 0.5) is 5.82 Å². The number of nitrogens with zero attached hydrogens (tertiary/aromatic N) is 2. The molecule has 1 N–H and O–H groups in total. The van der Waals surface area contributed by atoms with Gasteiger partial charge in [-0.15, -0.1) is 0 Å². The van der Waals surface area contributed by atoms with Crippen molar-refractivity contribution in [3.63, 3.8) is 0 Å². The van der Waals surface area contributed by atoms with E-state index >= 15 is 0 Å². The van der Waals surface area contributed by atoms with Gasteiger partial charge in [0.2, 0.25) is 0 Å². The largest absolute Gasteiger partial charge is 0.465 e. The van der Waals surface area contributed by atoms with Crippen LogP contribution in [0.3, 0.4) is 0 Å². The van der Waals surface area contributed by atoms with Crippen LogP contribution >= 0.6 is 0 Å². The lowest BCUT2D eigenvalue weighted by atomic mass is 10.1. The Hall–Kier alpha value is -1.62. The molecule has 1 unspecified atom stereocenters. The number of esters is 1. The molecule has 2 rings (SSSR count). The Balaban J connectivity index is 2.25. The van der Waals surface area contributed by atoms with Gasteiger partial charge in [-0.1, -0.05) is 6.92 Å². The molecule has 1 saturated heterocycles. The molecule has 0 bridgehead atoms. The second-order valence-electron chi connectivity index (χ2n) is 5.13. The second-order valence-corrected chi connectivity index (χ2v) is 5.13. The van der Waals surface area contributed by atoms with Crippen molar-refractivity contribution in [3.8, 4) is 0 Å². The first-order valence-corrected chi connectivity index (χ1v) is 7.20. The standard InChI is InChI=1S/C15H23N3O2/c1-4-9-18(12-7-8-16-10-12)14-6-5-13(11(2)17-14)15(19)20-3/h5-6,12,16H,4,7-10H2,1-3H3. The van der Waals surface area contributed by atoms with Crippen molar-refractivity contribution in [3.05, 3.63) is 23.4 Å². The van der Waals surface area contributed by atoms with E-state index in [1.807, 2.05) is 19.1 Å². The summed E-state index contributed by atoms with van der Waals surface area (Å²) < 4.78 is 4.76. The molecule has 1 aliphatic rings. The highest BCUT2D eigenvalue weighted by Gasteiger charge is 2.23. The van der Waals surface area contributed by atoms with Crippen molar-refractivity contribution in [2.75, 3.05) is 31.6 Å². The summed E-state index contributed by atoms with van der Waals surface area (Å²) in [4.78, 5) is 18.6. The Morgan fingerprint density at radius 3 is 2.90 bits per heavy atom. The van der Waals surface area contributed by atoms with Gasteiger partial charge in [-0.2, -0.15) is 0 Å². The van der Waals surface area contributed by atoms with Crippen molar-refractivity contribution in [1.82, 2.24) is 10.3 Å². The van der Waals surface area contributed by atoms with Gasteiger partial charge in [0.1, 0.15) is 5.82 Å². The first-order valence-electron chi connectivity index (χ1n) is 7.20. The molecule has 20 heavy (non-hydrogen) atoms. The summed E-state index contributed by atoms with van der Waals surface area (Å²) in [5.74, 6) is 0.622. The summed E-state index contributed by atoms with van der Waals surface area (Å²) in [6.45, 7) is 7.07. The van der Waals surface area contributed by atoms with Gasteiger partial charge in [0.05, 0.1) is 18.4 Å². The second kappa shape index (κ2) is 6.70. The fourth-order valence-corrected chi connectivity index (χ4v) is 2.66. The van der Waals surface area contributed by atoms with E-state index in [9.17, 15) is 4.79 Å². The number of pyridine rings is 1. The first-order chi connectivity index (χ1) is 9.67. The number of aryl methyl sites for hydroxylation is 1. The maximum Gasteiger partial charge on any atom is 0.339 e. The van der Waals surface area contributed by atoms with Crippen LogP contribution in [0.15, 0.2) is 12.1 Å². The number of anilines is 1. The molecular formula is C15H23N3O2. The lowest BCUT2D eigenvalue weighted by molar-refractivity contribution is 0.0599. The van der Waals surface area contributed by atoms with Crippen LogP contribution in [0.25, 0.3) is 0 Å². The van der Waals surface area contributed by atoms with Crippen molar-refractivity contribution in [2.45, 2.75) is 32.7 Å². The van der Waals surface area contributed by atoms with Gasteiger partial charge in [0.25, 0.3) is 0 Å². The quantitative estimate of drug-likeness (QED) is 0.831. The topological polar surface area (TPSA) is 54.5 Å². The molecule has 0 radical (unpaired) electrons. The van der Waals surface area contributed by atoms with Crippen LogP contribution < -0.4 is 10.2 Å². The number of nitrogens with one attached hydrogen (secondary N) is 1. The van der Waals surface area contributed by atoms with Crippen LogP contribution in [0.1, 0.15) is 35.8 Å². The number of carbonyl (C=O) groups is 1. The molecular weight excluding hydrogens is 254 g/mol. The monoisotopic (exact) mass is 277 g/mol. The van der Waals surface area contributed by atoms with Gasteiger partial charge in [0.15, 0.2) is 0 Å². The molecule has 5 heteroatoms. The Labute approximate surface area is 120 Å². The molecule has 0 saturated carbocycles. The number of methoxy groups -OCH3 is 1. The molecule has 0 aromatic carbocycles. The van der Waals surface area contributed by atoms with Gasteiger partial charge in [0, 0.05) is 19.1 Å². The molecule has 1 atom stereocenters. The summed E-state index contributed by atoms with van der Waals surface area (Å²) in [5, 5.41) is 3.39. The summed E-state index contributed by atoms with van der Waals surface area (Å²) in [7, 11) is 1.39. The average molecular weight is 277 g/mol. The van der Waals surface area contributed by atoms with Crippen LogP contribution in [-0.4, -0.2) is 43.7 Å². The van der Waals surface area contributed by atoms with E-state index in [0.717, 1.165) is 44.0 Å². The fourth-order valence-electron chi connectivity index (χ4n) is 2.66. The molecule has 5 nitrogen and oxygen atoms in total. The zero-order valence-corrected chi connectivity index (χ0v) is 12.5. The van der Waals surface area contributed by atoms with Crippen LogP contribution in [-0.2, 0) is 4.74 Å². The predicted octanol–water partition coefficient (Wildman–Crippen LogP) is 1.75. The molecule has 1 aromatic heterocycles.